The Morgan fingerprint density at radius 2 is 1.86 bits per heavy atom. The van der Waals surface area contributed by atoms with E-state index in [1.165, 1.54) is 0 Å². The third-order valence-corrected chi connectivity index (χ3v) is 4.59. The molecule has 0 aromatic heterocycles. The summed E-state index contributed by atoms with van der Waals surface area (Å²) in [5.41, 5.74) is 1.53. The number of carbonyl (C=O) groups excluding carboxylic acids is 2. The van der Waals surface area contributed by atoms with Crippen LogP contribution in [0.3, 0.4) is 0 Å². The minimum absolute atomic E-state index is 0.0574. The first kappa shape index (κ1) is 19.7. The van der Waals surface area contributed by atoms with E-state index >= 15 is 0 Å². The zero-order valence-corrected chi connectivity index (χ0v) is 16.4. The molecule has 0 aliphatic carbocycles. The van der Waals surface area contributed by atoms with Crippen molar-refractivity contribution in [1.82, 2.24) is 10.6 Å². The highest BCUT2D eigenvalue weighted by molar-refractivity contribution is 5.97. The summed E-state index contributed by atoms with van der Waals surface area (Å²) >= 11 is 0. The van der Waals surface area contributed by atoms with Crippen molar-refractivity contribution in [2.24, 2.45) is 5.92 Å². The Morgan fingerprint density at radius 1 is 1.11 bits per heavy atom. The highest BCUT2D eigenvalue weighted by atomic mass is 16.6. The van der Waals surface area contributed by atoms with E-state index in [0.29, 0.717) is 30.2 Å². The predicted molar refractivity (Wildman–Crippen MR) is 107 cm³/mol. The average molecular weight is 382 g/mol. The number of carbonyl (C=O) groups is 2. The Labute approximate surface area is 165 Å². The van der Waals surface area contributed by atoms with Gasteiger partial charge in [0.2, 0.25) is 5.91 Å². The van der Waals surface area contributed by atoms with Crippen LogP contribution in [0.4, 0.5) is 0 Å². The van der Waals surface area contributed by atoms with Crippen molar-refractivity contribution in [2.75, 3.05) is 13.2 Å². The maximum Gasteiger partial charge on any atom is 0.251 e. The summed E-state index contributed by atoms with van der Waals surface area (Å²) in [6.45, 7) is 6.39. The maximum atomic E-state index is 12.7. The molecule has 0 radical (unpaired) electrons. The Hall–Kier alpha value is -3.02. The van der Waals surface area contributed by atoms with Gasteiger partial charge in [-0.05, 0) is 37.1 Å². The molecule has 1 heterocycles. The van der Waals surface area contributed by atoms with Gasteiger partial charge in [-0.25, -0.2) is 0 Å². The number of nitrogens with one attached hydrogen (secondary N) is 2. The first-order valence-electron chi connectivity index (χ1n) is 9.48. The summed E-state index contributed by atoms with van der Waals surface area (Å²) < 4.78 is 11.5. The molecule has 2 atom stereocenters. The van der Waals surface area contributed by atoms with E-state index in [1.54, 1.807) is 12.1 Å². The largest absolute Gasteiger partial charge is 0.486 e. The molecule has 6 heteroatoms. The number of rotatable bonds is 6. The van der Waals surface area contributed by atoms with E-state index in [2.05, 4.69) is 10.6 Å². The highest BCUT2D eigenvalue weighted by Gasteiger charge is 2.27. The molecule has 1 aliphatic rings. The lowest BCUT2D eigenvalue weighted by Crippen LogP contribution is -2.52. The standard InChI is InChI=1S/C22H26N2O4/c1-14(2)20(24-21(25)16-8-6-7-15(3)11-16)22(26)23-12-17-13-27-18-9-4-5-10-19(18)28-17/h4-11,14,17,20H,12-13H2,1-3H3,(H,23,26)(H,24,25)/t17-,20-/m0/s1. The number of hydrogen-bond acceptors (Lipinski definition) is 4. The first-order valence-corrected chi connectivity index (χ1v) is 9.48. The molecule has 0 saturated heterocycles. The Morgan fingerprint density at radius 3 is 2.57 bits per heavy atom. The van der Waals surface area contributed by atoms with E-state index in [1.807, 2.05) is 57.2 Å². The quantitative estimate of drug-likeness (QED) is 0.805. The molecule has 0 saturated carbocycles. The minimum Gasteiger partial charge on any atom is -0.486 e. The normalized spacial score (nSPS) is 16.4. The maximum absolute atomic E-state index is 12.7. The van der Waals surface area contributed by atoms with E-state index in [0.717, 1.165) is 5.56 Å². The summed E-state index contributed by atoms with van der Waals surface area (Å²) in [6.07, 6.45) is -0.279. The van der Waals surface area contributed by atoms with Crippen molar-refractivity contribution in [2.45, 2.75) is 32.9 Å². The van der Waals surface area contributed by atoms with Gasteiger partial charge < -0.3 is 20.1 Å². The van der Waals surface area contributed by atoms with E-state index in [9.17, 15) is 9.59 Å². The number of hydrogen-bond donors (Lipinski definition) is 2. The summed E-state index contributed by atoms with van der Waals surface area (Å²) in [4.78, 5) is 25.2. The minimum atomic E-state index is -0.634. The van der Waals surface area contributed by atoms with Gasteiger partial charge in [-0.1, -0.05) is 43.7 Å². The van der Waals surface area contributed by atoms with Gasteiger partial charge in [-0.2, -0.15) is 0 Å². The molecular weight excluding hydrogens is 356 g/mol. The van der Waals surface area contributed by atoms with Gasteiger partial charge in [0.15, 0.2) is 11.5 Å². The SMILES string of the molecule is Cc1cccc(C(=O)N[C@H](C(=O)NC[C@H]2COc3ccccc3O2)C(C)C)c1. The van der Waals surface area contributed by atoms with Crippen molar-refractivity contribution in [3.8, 4) is 11.5 Å². The third kappa shape index (κ3) is 4.82. The van der Waals surface area contributed by atoms with Crippen LogP contribution >= 0.6 is 0 Å². The summed E-state index contributed by atoms with van der Waals surface area (Å²) in [5, 5.41) is 5.71. The number of amides is 2. The number of benzene rings is 2. The van der Waals surface area contributed by atoms with Crippen LogP contribution < -0.4 is 20.1 Å². The van der Waals surface area contributed by atoms with Crippen molar-refractivity contribution in [3.63, 3.8) is 0 Å². The van der Waals surface area contributed by atoms with Gasteiger partial charge >= 0.3 is 0 Å². The Balaban J connectivity index is 1.57. The zero-order valence-electron chi connectivity index (χ0n) is 16.4. The zero-order chi connectivity index (χ0) is 20.1. The van der Waals surface area contributed by atoms with Crippen LogP contribution in [-0.2, 0) is 4.79 Å². The second-order valence-electron chi connectivity index (χ2n) is 7.31. The number of ether oxygens (including phenoxy) is 2. The number of aryl methyl sites for hydroxylation is 1. The fraction of sp³-hybridized carbons (Fsp3) is 0.364. The van der Waals surface area contributed by atoms with E-state index in [4.69, 9.17) is 9.47 Å². The van der Waals surface area contributed by atoms with E-state index in [-0.39, 0.29) is 23.8 Å². The van der Waals surface area contributed by atoms with Crippen LogP contribution in [0.2, 0.25) is 0 Å². The molecule has 2 aromatic carbocycles. The molecule has 6 nitrogen and oxygen atoms in total. The fourth-order valence-electron chi connectivity index (χ4n) is 3.03. The molecule has 1 aliphatic heterocycles. The lowest BCUT2D eigenvalue weighted by molar-refractivity contribution is -0.124. The molecule has 3 rings (SSSR count). The molecule has 2 N–H and O–H groups in total. The molecule has 0 fully saturated rings. The monoisotopic (exact) mass is 382 g/mol. The lowest BCUT2D eigenvalue weighted by atomic mass is 10.0. The second kappa shape index (κ2) is 8.78. The van der Waals surface area contributed by atoms with Gasteiger partial charge in [-0.15, -0.1) is 0 Å². The van der Waals surface area contributed by atoms with Crippen LogP contribution in [0.25, 0.3) is 0 Å². The topological polar surface area (TPSA) is 76.7 Å². The molecule has 0 spiro atoms. The van der Waals surface area contributed by atoms with Gasteiger partial charge in [0, 0.05) is 5.56 Å². The van der Waals surface area contributed by atoms with Gasteiger partial charge in [0.1, 0.15) is 18.8 Å². The molecule has 148 valence electrons. The smallest absolute Gasteiger partial charge is 0.251 e. The molecule has 2 aromatic rings. The number of para-hydroxylation sites is 2. The lowest BCUT2D eigenvalue weighted by Gasteiger charge is -2.28. The highest BCUT2D eigenvalue weighted by Crippen LogP contribution is 2.30. The first-order chi connectivity index (χ1) is 13.4. The third-order valence-electron chi connectivity index (χ3n) is 4.59. The Bertz CT molecular complexity index is 850. The average Bonchev–Trinajstić information content (AvgIpc) is 2.69. The van der Waals surface area contributed by atoms with Gasteiger partial charge in [0.05, 0.1) is 6.54 Å². The Kier molecular flexibility index (Phi) is 6.19. The molecule has 0 bridgehead atoms. The van der Waals surface area contributed by atoms with E-state index < -0.39 is 6.04 Å². The van der Waals surface area contributed by atoms with Crippen LogP contribution in [0.1, 0.15) is 29.8 Å². The molecule has 0 unspecified atom stereocenters. The van der Waals surface area contributed by atoms with Crippen LogP contribution in [-0.4, -0.2) is 37.1 Å². The summed E-state index contributed by atoms with van der Waals surface area (Å²) in [7, 11) is 0. The molecular formula is C22H26N2O4. The van der Waals surface area contributed by atoms with Crippen LogP contribution in [0.5, 0.6) is 11.5 Å². The molecule has 28 heavy (non-hydrogen) atoms. The summed E-state index contributed by atoms with van der Waals surface area (Å²) in [6, 6.07) is 14.1. The van der Waals surface area contributed by atoms with Crippen LogP contribution in [0.15, 0.2) is 48.5 Å². The van der Waals surface area contributed by atoms with Gasteiger partial charge in [0.25, 0.3) is 5.91 Å². The van der Waals surface area contributed by atoms with Crippen molar-refractivity contribution < 1.29 is 19.1 Å². The van der Waals surface area contributed by atoms with Crippen molar-refractivity contribution >= 4 is 11.8 Å². The predicted octanol–water partition coefficient (Wildman–Crippen LogP) is 2.71. The summed E-state index contributed by atoms with van der Waals surface area (Å²) in [5.74, 6) is 0.817. The van der Waals surface area contributed by atoms with Crippen molar-refractivity contribution in [1.29, 1.82) is 0 Å². The second-order valence-corrected chi connectivity index (χ2v) is 7.31. The van der Waals surface area contributed by atoms with Crippen LogP contribution in [0, 0.1) is 12.8 Å². The fourth-order valence-corrected chi connectivity index (χ4v) is 3.03. The van der Waals surface area contributed by atoms with Gasteiger partial charge in [-0.3, -0.25) is 9.59 Å². The van der Waals surface area contributed by atoms with Crippen molar-refractivity contribution in [3.05, 3.63) is 59.7 Å². The number of fused-ring (bicyclic) bond motifs is 1. The molecule has 2 amide bonds.